The van der Waals surface area contributed by atoms with E-state index in [1.54, 1.807) is 5.38 Å². The topological polar surface area (TPSA) is 72.7 Å². The van der Waals surface area contributed by atoms with Crippen molar-refractivity contribution >= 4 is 17.4 Å². The van der Waals surface area contributed by atoms with Crippen molar-refractivity contribution in [2.45, 2.75) is 13.1 Å². The molecule has 0 saturated heterocycles. The highest BCUT2D eigenvalue weighted by Gasteiger charge is 2.14. The number of nitrogens with zero attached hydrogens (tertiary/aromatic N) is 4. The zero-order valence-corrected chi connectivity index (χ0v) is 15.3. The molecule has 0 saturated carbocycles. The smallest absolute Gasteiger partial charge is 0.273 e. The van der Waals surface area contributed by atoms with Crippen LogP contribution < -0.4 is 5.32 Å². The average molecular weight is 375 g/mol. The monoisotopic (exact) mass is 375 g/mol. The van der Waals surface area contributed by atoms with Gasteiger partial charge in [-0.15, -0.1) is 5.10 Å². The number of aromatic nitrogens is 4. The molecule has 0 aliphatic heterocycles. The fourth-order valence-corrected chi connectivity index (χ4v) is 3.25. The molecule has 0 fully saturated rings. The minimum absolute atomic E-state index is 0.237. The standard InChI is InChI=1S/C20H17N5OS/c26-20(18-14-27-24-22-18)21-11-17-13-25(12-15-7-3-1-4-8-15)23-19(17)16-9-5-2-6-10-16/h1-10,13-14H,11-12H2,(H,21,26). The normalized spacial score (nSPS) is 10.7. The SMILES string of the molecule is O=C(NCc1cn(Cc2ccccc2)nc1-c1ccccc1)c1csnn1. The third-order valence-corrected chi connectivity index (χ3v) is 4.61. The van der Waals surface area contributed by atoms with Crippen LogP contribution in [0.5, 0.6) is 0 Å². The van der Waals surface area contributed by atoms with E-state index in [1.807, 2.05) is 59.4 Å². The van der Waals surface area contributed by atoms with Gasteiger partial charge in [-0.2, -0.15) is 5.10 Å². The highest BCUT2D eigenvalue weighted by Crippen LogP contribution is 2.22. The molecule has 0 bridgehead atoms. The van der Waals surface area contributed by atoms with Crippen LogP contribution in [0, 0.1) is 0 Å². The van der Waals surface area contributed by atoms with Crippen molar-refractivity contribution in [2.75, 3.05) is 0 Å². The number of hydrogen-bond acceptors (Lipinski definition) is 5. The quantitative estimate of drug-likeness (QED) is 0.561. The van der Waals surface area contributed by atoms with E-state index < -0.39 is 0 Å². The molecule has 2 aromatic carbocycles. The van der Waals surface area contributed by atoms with Crippen molar-refractivity contribution in [3.05, 3.63) is 89.1 Å². The number of nitrogens with one attached hydrogen (secondary N) is 1. The lowest BCUT2D eigenvalue weighted by molar-refractivity contribution is 0.0946. The number of amides is 1. The molecule has 2 heterocycles. The summed E-state index contributed by atoms with van der Waals surface area (Å²) in [5, 5.41) is 13.1. The van der Waals surface area contributed by atoms with Gasteiger partial charge in [0, 0.05) is 29.2 Å². The summed E-state index contributed by atoms with van der Waals surface area (Å²) in [4.78, 5) is 12.2. The zero-order valence-electron chi connectivity index (χ0n) is 14.4. The van der Waals surface area contributed by atoms with Crippen LogP contribution in [0.3, 0.4) is 0 Å². The molecule has 1 amide bonds. The predicted molar refractivity (Wildman–Crippen MR) is 104 cm³/mol. The van der Waals surface area contributed by atoms with Gasteiger partial charge in [-0.1, -0.05) is 65.2 Å². The van der Waals surface area contributed by atoms with Gasteiger partial charge in [-0.3, -0.25) is 9.48 Å². The van der Waals surface area contributed by atoms with Gasteiger partial charge >= 0.3 is 0 Å². The maximum atomic E-state index is 12.2. The number of carbonyl (C=O) groups excluding carboxylic acids is 1. The molecule has 4 aromatic rings. The van der Waals surface area contributed by atoms with Crippen LogP contribution >= 0.6 is 11.5 Å². The minimum atomic E-state index is -0.237. The molecule has 0 atom stereocenters. The largest absolute Gasteiger partial charge is 0.346 e. The number of carbonyl (C=O) groups is 1. The van der Waals surface area contributed by atoms with E-state index >= 15 is 0 Å². The summed E-state index contributed by atoms with van der Waals surface area (Å²) in [6.07, 6.45) is 1.98. The van der Waals surface area contributed by atoms with Crippen LogP contribution in [-0.2, 0) is 13.1 Å². The first-order valence-electron chi connectivity index (χ1n) is 8.50. The summed E-state index contributed by atoms with van der Waals surface area (Å²) >= 11 is 1.16. The van der Waals surface area contributed by atoms with Crippen molar-refractivity contribution in [2.24, 2.45) is 0 Å². The van der Waals surface area contributed by atoms with E-state index in [0.717, 1.165) is 28.4 Å². The Bertz CT molecular complexity index is 1010. The Morgan fingerprint density at radius 1 is 1.04 bits per heavy atom. The predicted octanol–water partition coefficient (Wildman–Crippen LogP) is 3.38. The van der Waals surface area contributed by atoms with Gasteiger partial charge in [-0.25, -0.2) is 0 Å². The Morgan fingerprint density at radius 3 is 2.48 bits per heavy atom. The molecular formula is C20H17N5OS. The third-order valence-electron chi connectivity index (χ3n) is 4.10. The number of rotatable bonds is 6. The van der Waals surface area contributed by atoms with Crippen molar-refractivity contribution in [3.63, 3.8) is 0 Å². The first-order valence-corrected chi connectivity index (χ1v) is 9.34. The minimum Gasteiger partial charge on any atom is -0.346 e. The Balaban J connectivity index is 1.59. The van der Waals surface area contributed by atoms with E-state index in [4.69, 9.17) is 5.10 Å². The van der Waals surface area contributed by atoms with Crippen LogP contribution in [0.1, 0.15) is 21.6 Å². The Labute approximate surface area is 160 Å². The lowest BCUT2D eigenvalue weighted by Gasteiger charge is -2.04. The molecular weight excluding hydrogens is 358 g/mol. The Morgan fingerprint density at radius 2 is 1.78 bits per heavy atom. The van der Waals surface area contributed by atoms with Gasteiger partial charge in [0.05, 0.1) is 12.2 Å². The lowest BCUT2D eigenvalue weighted by Crippen LogP contribution is -2.23. The molecule has 0 unspecified atom stereocenters. The number of hydrogen-bond donors (Lipinski definition) is 1. The zero-order chi connectivity index (χ0) is 18.5. The van der Waals surface area contributed by atoms with Gasteiger partial charge in [-0.05, 0) is 17.1 Å². The van der Waals surface area contributed by atoms with E-state index in [2.05, 4.69) is 27.0 Å². The third kappa shape index (κ3) is 4.09. The first-order chi connectivity index (χ1) is 13.3. The van der Waals surface area contributed by atoms with Crippen molar-refractivity contribution < 1.29 is 4.79 Å². The van der Waals surface area contributed by atoms with Crippen LogP contribution in [-0.4, -0.2) is 25.3 Å². The molecule has 1 N–H and O–H groups in total. The average Bonchev–Trinajstić information content (AvgIpc) is 3.38. The summed E-state index contributed by atoms with van der Waals surface area (Å²) in [6, 6.07) is 20.1. The van der Waals surface area contributed by atoms with E-state index in [0.29, 0.717) is 18.8 Å². The molecule has 27 heavy (non-hydrogen) atoms. The van der Waals surface area contributed by atoms with Gasteiger partial charge in [0.15, 0.2) is 5.69 Å². The van der Waals surface area contributed by atoms with Crippen LogP contribution in [0.4, 0.5) is 0 Å². The summed E-state index contributed by atoms with van der Waals surface area (Å²) in [5.74, 6) is -0.237. The Kier molecular flexibility index (Phi) is 5.02. The summed E-state index contributed by atoms with van der Waals surface area (Å²) in [6.45, 7) is 1.04. The van der Waals surface area contributed by atoms with Crippen molar-refractivity contribution in [3.8, 4) is 11.3 Å². The second-order valence-electron chi connectivity index (χ2n) is 6.02. The van der Waals surface area contributed by atoms with Gasteiger partial charge < -0.3 is 5.32 Å². The molecule has 0 aliphatic carbocycles. The Hall–Kier alpha value is -3.32. The van der Waals surface area contributed by atoms with E-state index in [-0.39, 0.29) is 5.91 Å². The van der Waals surface area contributed by atoms with E-state index in [9.17, 15) is 4.79 Å². The molecule has 2 aromatic heterocycles. The van der Waals surface area contributed by atoms with Crippen LogP contribution in [0.15, 0.2) is 72.2 Å². The van der Waals surface area contributed by atoms with Crippen LogP contribution in [0.25, 0.3) is 11.3 Å². The van der Waals surface area contributed by atoms with Crippen molar-refractivity contribution in [1.29, 1.82) is 0 Å². The molecule has 4 rings (SSSR count). The molecule has 7 heteroatoms. The maximum absolute atomic E-state index is 12.2. The van der Waals surface area contributed by atoms with Gasteiger partial charge in [0.1, 0.15) is 0 Å². The van der Waals surface area contributed by atoms with Gasteiger partial charge in [0.2, 0.25) is 0 Å². The maximum Gasteiger partial charge on any atom is 0.273 e. The van der Waals surface area contributed by atoms with Gasteiger partial charge in [0.25, 0.3) is 5.91 Å². The fourth-order valence-electron chi connectivity index (χ4n) is 2.81. The molecule has 0 aliphatic rings. The highest BCUT2D eigenvalue weighted by molar-refractivity contribution is 7.03. The van der Waals surface area contributed by atoms with Crippen LogP contribution in [0.2, 0.25) is 0 Å². The summed E-state index contributed by atoms with van der Waals surface area (Å²) < 4.78 is 5.64. The van der Waals surface area contributed by atoms with Crippen molar-refractivity contribution in [1.82, 2.24) is 24.7 Å². The summed E-state index contributed by atoms with van der Waals surface area (Å²) in [7, 11) is 0. The second kappa shape index (κ2) is 7.92. The molecule has 134 valence electrons. The number of benzene rings is 2. The summed E-state index contributed by atoms with van der Waals surface area (Å²) in [5.41, 5.74) is 4.34. The lowest BCUT2D eigenvalue weighted by atomic mass is 10.1. The first kappa shape index (κ1) is 17.1. The highest BCUT2D eigenvalue weighted by atomic mass is 32.1. The molecule has 6 nitrogen and oxygen atoms in total. The fraction of sp³-hybridized carbons (Fsp3) is 0.100. The molecule has 0 spiro atoms. The second-order valence-corrected chi connectivity index (χ2v) is 6.63. The van der Waals surface area contributed by atoms with E-state index in [1.165, 1.54) is 5.56 Å². The molecule has 0 radical (unpaired) electrons.